The predicted octanol–water partition coefficient (Wildman–Crippen LogP) is 2.99. The van der Waals surface area contributed by atoms with E-state index in [1.807, 2.05) is 6.07 Å². The highest BCUT2D eigenvalue weighted by Crippen LogP contribution is 2.23. The summed E-state index contributed by atoms with van der Waals surface area (Å²) in [6.45, 7) is 2.14. The summed E-state index contributed by atoms with van der Waals surface area (Å²) in [5.41, 5.74) is -0.945. The van der Waals surface area contributed by atoms with Crippen LogP contribution in [0.15, 0.2) is 53.5 Å². The first-order valence-corrected chi connectivity index (χ1v) is 11.1. The third kappa shape index (κ3) is 4.83. The van der Waals surface area contributed by atoms with Crippen LogP contribution in [0.2, 0.25) is 5.02 Å². The standard InChI is InChI=1S/C24H21ClF2N4O4/c1-2-29-13-30(11-14-4-3-5-16(25)8-14)31-12-18(21(32)22(33)20(31)24(29)35)23(34)28-10-15-6-7-17(26)9-19(15)27/h3-9,12,33H,2,10-11,13H2,1H3,(H,28,34). The van der Waals surface area contributed by atoms with Crippen molar-refractivity contribution in [1.29, 1.82) is 0 Å². The molecule has 182 valence electrons. The van der Waals surface area contributed by atoms with Crippen LogP contribution in [-0.4, -0.2) is 39.7 Å². The lowest BCUT2D eigenvalue weighted by atomic mass is 10.1. The van der Waals surface area contributed by atoms with Gasteiger partial charge in [0.2, 0.25) is 5.43 Å². The summed E-state index contributed by atoms with van der Waals surface area (Å²) in [5, 5.41) is 15.2. The zero-order chi connectivity index (χ0) is 25.3. The third-order valence-corrected chi connectivity index (χ3v) is 5.86. The van der Waals surface area contributed by atoms with Crippen LogP contribution >= 0.6 is 11.6 Å². The molecule has 35 heavy (non-hydrogen) atoms. The molecule has 0 unspecified atom stereocenters. The Balaban J connectivity index is 1.70. The lowest BCUT2D eigenvalue weighted by Gasteiger charge is -2.39. The molecular weight excluding hydrogens is 482 g/mol. The number of nitrogens with one attached hydrogen (secondary N) is 1. The molecule has 2 aromatic carbocycles. The fourth-order valence-electron chi connectivity index (χ4n) is 3.80. The van der Waals surface area contributed by atoms with Crippen molar-refractivity contribution in [3.63, 3.8) is 0 Å². The molecule has 0 atom stereocenters. The highest BCUT2D eigenvalue weighted by molar-refractivity contribution is 6.30. The normalized spacial score (nSPS) is 13.1. The monoisotopic (exact) mass is 502 g/mol. The zero-order valence-electron chi connectivity index (χ0n) is 18.6. The number of hydrogen-bond acceptors (Lipinski definition) is 5. The predicted molar refractivity (Wildman–Crippen MR) is 125 cm³/mol. The summed E-state index contributed by atoms with van der Waals surface area (Å²) < 4.78 is 28.3. The van der Waals surface area contributed by atoms with E-state index in [0.717, 1.165) is 11.6 Å². The minimum Gasteiger partial charge on any atom is -0.502 e. The molecule has 2 amide bonds. The lowest BCUT2D eigenvalue weighted by molar-refractivity contribution is 0.0693. The first-order chi connectivity index (χ1) is 16.7. The first kappa shape index (κ1) is 24.2. The van der Waals surface area contributed by atoms with Crippen LogP contribution in [0.4, 0.5) is 8.78 Å². The van der Waals surface area contributed by atoms with Crippen molar-refractivity contribution in [3.05, 3.63) is 97.9 Å². The Labute approximate surface area is 203 Å². The molecule has 0 spiro atoms. The van der Waals surface area contributed by atoms with Gasteiger partial charge in [0.1, 0.15) is 23.9 Å². The van der Waals surface area contributed by atoms with Gasteiger partial charge in [0, 0.05) is 35.9 Å². The molecule has 0 radical (unpaired) electrons. The maximum Gasteiger partial charge on any atom is 0.277 e. The van der Waals surface area contributed by atoms with Crippen molar-refractivity contribution in [3.8, 4) is 5.75 Å². The number of fused-ring (bicyclic) bond motifs is 1. The van der Waals surface area contributed by atoms with Crippen molar-refractivity contribution < 1.29 is 23.5 Å². The summed E-state index contributed by atoms with van der Waals surface area (Å²) in [6.07, 6.45) is 1.17. The Morgan fingerprint density at radius 1 is 1.17 bits per heavy atom. The number of rotatable bonds is 6. The summed E-state index contributed by atoms with van der Waals surface area (Å²) in [6, 6.07) is 9.94. The zero-order valence-corrected chi connectivity index (χ0v) is 19.4. The number of nitrogens with zero attached hydrogens (tertiary/aromatic N) is 3. The van der Waals surface area contributed by atoms with E-state index in [0.29, 0.717) is 17.6 Å². The summed E-state index contributed by atoms with van der Waals surface area (Å²) >= 11 is 6.09. The van der Waals surface area contributed by atoms with Crippen LogP contribution in [0.1, 0.15) is 38.9 Å². The molecule has 4 rings (SSSR count). The van der Waals surface area contributed by atoms with Gasteiger partial charge in [0.05, 0.1) is 6.54 Å². The van der Waals surface area contributed by atoms with Gasteiger partial charge in [-0.05, 0) is 30.7 Å². The fourth-order valence-corrected chi connectivity index (χ4v) is 4.02. The van der Waals surface area contributed by atoms with Gasteiger partial charge < -0.3 is 15.3 Å². The number of carbonyl (C=O) groups excluding carboxylic acids is 2. The molecule has 0 aliphatic carbocycles. The molecule has 0 bridgehead atoms. The van der Waals surface area contributed by atoms with Crippen molar-refractivity contribution in [1.82, 2.24) is 14.9 Å². The number of pyridine rings is 1. The molecule has 1 aliphatic heterocycles. The summed E-state index contributed by atoms with van der Waals surface area (Å²) in [5.74, 6) is -3.94. The highest BCUT2D eigenvalue weighted by atomic mass is 35.5. The summed E-state index contributed by atoms with van der Waals surface area (Å²) in [7, 11) is 0. The van der Waals surface area contributed by atoms with Gasteiger partial charge in [0.25, 0.3) is 11.8 Å². The molecule has 8 nitrogen and oxygen atoms in total. The molecule has 3 aromatic rings. The molecular formula is C24H21ClF2N4O4. The van der Waals surface area contributed by atoms with E-state index in [1.165, 1.54) is 21.8 Å². The van der Waals surface area contributed by atoms with Gasteiger partial charge in [0.15, 0.2) is 11.4 Å². The van der Waals surface area contributed by atoms with Crippen LogP contribution < -0.4 is 15.8 Å². The maximum absolute atomic E-state index is 13.9. The number of aromatic hydroxyl groups is 1. The Hall–Kier alpha value is -3.92. The molecule has 0 saturated heterocycles. The van der Waals surface area contributed by atoms with Crippen molar-refractivity contribution in [2.45, 2.75) is 20.0 Å². The Kier molecular flexibility index (Phi) is 6.74. The van der Waals surface area contributed by atoms with Gasteiger partial charge in [-0.25, -0.2) is 8.78 Å². The number of aromatic nitrogens is 1. The largest absolute Gasteiger partial charge is 0.502 e. The molecule has 11 heteroatoms. The minimum atomic E-state index is -1.04. The van der Waals surface area contributed by atoms with Gasteiger partial charge in [-0.1, -0.05) is 29.8 Å². The molecule has 2 N–H and O–H groups in total. The maximum atomic E-state index is 13.9. The topological polar surface area (TPSA) is 94.9 Å². The van der Waals surface area contributed by atoms with E-state index in [4.69, 9.17) is 11.6 Å². The van der Waals surface area contributed by atoms with E-state index in [2.05, 4.69) is 5.32 Å². The Bertz CT molecular complexity index is 1380. The summed E-state index contributed by atoms with van der Waals surface area (Å²) in [4.78, 5) is 40.0. The van der Waals surface area contributed by atoms with Crippen molar-refractivity contribution in [2.24, 2.45) is 0 Å². The lowest BCUT2D eigenvalue weighted by Crippen LogP contribution is -2.54. The molecule has 1 aromatic heterocycles. The minimum absolute atomic E-state index is 0.0124. The smallest absolute Gasteiger partial charge is 0.277 e. The van der Waals surface area contributed by atoms with E-state index in [9.17, 15) is 28.3 Å². The highest BCUT2D eigenvalue weighted by Gasteiger charge is 2.33. The average Bonchev–Trinajstić information content (AvgIpc) is 2.82. The molecule has 0 saturated carbocycles. The van der Waals surface area contributed by atoms with E-state index in [1.54, 1.807) is 30.1 Å². The van der Waals surface area contributed by atoms with Crippen LogP contribution in [0.25, 0.3) is 0 Å². The van der Waals surface area contributed by atoms with Crippen LogP contribution in [-0.2, 0) is 13.1 Å². The van der Waals surface area contributed by atoms with Gasteiger partial charge >= 0.3 is 0 Å². The second kappa shape index (κ2) is 9.75. The number of halogens is 3. The van der Waals surface area contributed by atoms with Crippen molar-refractivity contribution >= 4 is 23.4 Å². The third-order valence-electron chi connectivity index (χ3n) is 5.63. The fraction of sp³-hybridized carbons (Fsp3) is 0.208. The number of carbonyl (C=O) groups is 2. The second-order valence-corrected chi connectivity index (χ2v) is 8.37. The molecule has 0 fully saturated rings. The van der Waals surface area contributed by atoms with Gasteiger partial charge in [-0.2, -0.15) is 0 Å². The van der Waals surface area contributed by atoms with E-state index >= 15 is 0 Å². The second-order valence-electron chi connectivity index (χ2n) is 7.93. The number of amides is 2. The van der Waals surface area contributed by atoms with Crippen LogP contribution in [0, 0.1) is 11.6 Å². The quantitative estimate of drug-likeness (QED) is 0.540. The Morgan fingerprint density at radius 3 is 2.63 bits per heavy atom. The van der Waals surface area contributed by atoms with E-state index in [-0.39, 0.29) is 31.0 Å². The average molecular weight is 503 g/mol. The number of hydrogen-bond donors (Lipinski definition) is 2. The molecule has 2 heterocycles. The first-order valence-electron chi connectivity index (χ1n) is 10.7. The Morgan fingerprint density at radius 2 is 1.94 bits per heavy atom. The van der Waals surface area contributed by atoms with E-state index < -0.39 is 40.2 Å². The number of benzene rings is 2. The van der Waals surface area contributed by atoms with Gasteiger partial charge in [-0.3, -0.25) is 24.1 Å². The molecule has 1 aliphatic rings. The SMILES string of the molecule is CCN1CN(Cc2cccc(Cl)c2)n2cc(C(=O)NCc3ccc(F)cc3F)c(=O)c(O)c2C1=O. The van der Waals surface area contributed by atoms with Crippen LogP contribution in [0.5, 0.6) is 5.75 Å². The van der Waals surface area contributed by atoms with Crippen molar-refractivity contribution in [2.75, 3.05) is 18.2 Å². The van der Waals surface area contributed by atoms with Crippen LogP contribution in [0.3, 0.4) is 0 Å². The van der Waals surface area contributed by atoms with Gasteiger partial charge in [-0.15, -0.1) is 0 Å².